The highest BCUT2D eigenvalue weighted by atomic mass is 32.1. The van der Waals surface area contributed by atoms with Crippen molar-refractivity contribution in [3.63, 3.8) is 0 Å². The number of hydrogen-bond acceptors (Lipinski definition) is 2. The molecule has 0 atom stereocenters. The van der Waals surface area contributed by atoms with E-state index in [0.717, 1.165) is 5.56 Å². The first-order chi connectivity index (χ1) is 5.79. The van der Waals surface area contributed by atoms with Gasteiger partial charge in [-0.1, -0.05) is 30.3 Å². The van der Waals surface area contributed by atoms with Crippen molar-refractivity contribution in [3.05, 3.63) is 35.9 Å². The summed E-state index contributed by atoms with van der Waals surface area (Å²) in [6.07, 6.45) is 0. The second-order valence-electron chi connectivity index (χ2n) is 2.24. The van der Waals surface area contributed by atoms with E-state index in [1.165, 1.54) is 0 Å². The fourth-order valence-electron chi connectivity index (χ4n) is 0.765. The van der Waals surface area contributed by atoms with E-state index in [-0.39, 0.29) is 5.11 Å². The van der Waals surface area contributed by atoms with Gasteiger partial charge in [0, 0.05) is 0 Å². The summed E-state index contributed by atoms with van der Waals surface area (Å²) in [7, 11) is 0. The van der Waals surface area contributed by atoms with Crippen molar-refractivity contribution in [2.24, 2.45) is 5.73 Å². The first kappa shape index (κ1) is 8.96. The van der Waals surface area contributed by atoms with Gasteiger partial charge in [0.1, 0.15) is 0 Å². The highest BCUT2D eigenvalue weighted by molar-refractivity contribution is 7.80. The van der Waals surface area contributed by atoms with Gasteiger partial charge in [-0.15, -0.1) is 0 Å². The van der Waals surface area contributed by atoms with Crippen LogP contribution in [0.15, 0.2) is 30.3 Å². The van der Waals surface area contributed by atoms with Crippen LogP contribution in [0.2, 0.25) is 0 Å². The maximum atomic E-state index is 5.15. The lowest BCUT2D eigenvalue weighted by atomic mass is 10.2. The fourth-order valence-corrected chi connectivity index (χ4v) is 0.824. The van der Waals surface area contributed by atoms with Crippen LogP contribution in [-0.2, 0) is 11.4 Å². The van der Waals surface area contributed by atoms with Crippen molar-refractivity contribution in [2.75, 3.05) is 0 Å². The fraction of sp³-hybridized carbons (Fsp3) is 0.125. The maximum Gasteiger partial charge on any atom is 0.187 e. The van der Waals surface area contributed by atoms with Gasteiger partial charge in [-0.05, 0) is 17.8 Å². The molecule has 12 heavy (non-hydrogen) atoms. The van der Waals surface area contributed by atoms with Crippen LogP contribution in [0.4, 0.5) is 0 Å². The lowest BCUT2D eigenvalue weighted by Gasteiger charge is -2.03. The molecule has 0 unspecified atom stereocenters. The standard InChI is InChI=1S/C8H10N2OS/c9-8(12)10-11-6-7-4-2-1-3-5-7/h1-5H,6H2,(H3,9,10,12). The molecule has 0 bridgehead atoms. The van der Waals surface area contributed by atoms with Crippen molar-refractivity contribution in [1.29, 1.82) is 0 Å². The summed E-state index contributed by atoms with van der Waals surface area (Å²) in [5.74, 6) is 0. The third-order valence-electron chi connectivity index (χ3n) is 1.25. The molecule has 0 aliphatic heterocycles. The smallest absolute Gasteiger partial charge is 0.187 e. The first-order valence-corrected chi connectivity index (χ1v) is 3.91. The normalized spacial score (nSPS) is 9.33. The molecule has 1 rings (SSSR count). The summed E-state index contributed by atoms with van der Waals surface area (Å²) < 4.78 is 0. The minimum absolute atomic E-state index is 0.144. The Labute approximate surface area is 76.5 Å². The number of benzene rings is 1. The Bertz CT molecular complexity index is 250. The largest absolute Gasteiger partial charge is 0.375 e. The van der Waals surface area contributed by atoms with Gasteiger partial charge in [-0.2, -0.15) is 0 Å². The molecule has 0 aliphatic rings. The van der Waals surface area contributed by atoms with Gasteiger partial charge in [-0.3, -0.25) is 4.84 Å². The molecule has 0 saturated carbocycles. The summed E-state index contributed by atoms with van der Waals surface area (Å²) >= 11 is 4.55. The maximum absolute atomic E-state index is 5.15. The molecule has 0 saturated heterocycles. The monoisotopic (exact) mass is 182 g/mol. The van der Waals surface area contributed by atoms with E-state index in [4.69, 9.17) is 10.6 Å². The Balaban J connectivity index is 2.29. The molecular formula is C8H10N2OS. The highest BCUT2D eigenvalue weighted by Gasteiger charge is 1.90. The van der Waals surface area contributed by atoms with Crippen LogP contribution in [0, 0.1) is 0 Å². The molecule has 0 heterocycles. The van der Waals surface area contributed by atoms with Gasteiger partial charge < -0.3 is 5.73 Å². The SMILES string of the molecule is NC(=S)NOCc1ccccc1. The summed E-state index contributed by atoms with van der Waals surface area (Å²) in [6, 6.07) is 9.76. The molecule has 0 amide bonds. The van der Waals surface area contributed by atoms with Crippen LogP contribution in [0.3, 0.4) is 0 Å². The molecule has 0 fully saturated rings. The summed E-state index contributed by atoms with van der Waals surface area (Å²) in [5, 5.41) is 0.144. The second kappa shape index (κ2) is 4.69. The molecule has 0 radical (unpaired) electrons. The number of thiocarbonyl (C=S) groups is 1. The van der Waals surface area contributed by atoms with E-state index >= 15 is 0 Å². The first-order valence-electron chi connectivity index (χ1n) is 3.50. The number of nitrogens with one attached hydrogen (secondary N) is 1. The number of hydrogen-bond donors (Lipinski definition) is 2. The van der Waals surface area contributed by atoms with Crippen LogP contribution < -0.4 is 11.2 Å². The highest BCUT2D eigenvalue weighted by Crippen LogP contribution is 1.98. The molecule has 0 aliphatic carbocycles. The van der Waals surface area contributed by atoms with Crippen molar-refractivity contribution in [1.82, 2.24) is 5.48 Å². The lowest BCUT2D eigenvalue weighted by Crippen LogP contribution is -2.28. The van der Waals surface area contributed by atoms with Crippen molar-refractivity contribution in [2.45, 2.75) is 6.61 Å². The Hall–Kier alpha value is -1.13. The van der Waals surface area contributed by atoms with Gasteiger partial charge in [0.05, 0.1) is 6.61 Å². The molecule has 4 heteroatoms. The third-order valence-corrected chi connectivity index (χ3v) is 1.34. The zero-order valence-electron chi connectivity index (χ0n) is 6.49. The minimum Gasteiger partial charge on any atom is -0.375 e. The van der Waals surface area contributed by atoms with Gasteiger partial charge in [0.15, 0.2) is 5.11 Å². The average Bonchev–Trinajstić information content (AvgIpc) is 2.05. The predicted molar refractivity (Wildman–Crippen MR) is 51.2 cm³/mol. The second-order valence-corrected chi connectivity index (χ2v) is 2.68. The Kier molecular flexibility index (Phi) is 3.50. The van der Waals surface area contributed by atoms with E-state index < -0.39 is 0 Å². The van der Waals surface area contributed by atoms with E-state index in [0.29, 0.717) is 6.61 Å². The quantitative estimate of drug-likeness (QED) is 0.540. The van der Waals surface area contributed by atoms with Crippen molar-refractivity contribution >= 4 is 17.3 Å². The van der Waals surface area contributed by atoms with Gasteiger partial charge in [-0.25, -0.2) is 5.48 Å². The van der Waals surface area contributed by atoms with Crippen LogP contribution in [0.1, 0.15) is 5.56 Å². The van der Waals surface area contributed by atoms with E-state index in [2.05, 4.69) is 17.7 Å². The predicted octanol–water partition coefficient (Wildman–Crippen LogP) is 0.951. The Morgan fingerprint density at radius 1 is 1.42 bits per heavy atom. The number of hydroxylamine groups is 1. The third kappa shape index (κ3) is 3.32. The number of nitrogens with two attached hydrogens (primary N) is 1. The average molecular weight is 182 g/mol. The van der Waals surface area contributed by atoms with Crippen LogP contribution in [0.25, 0.3) is 0 Å². The van der Waals surface area contributed by atoms with Crippen LogP contribution in [-0.4, -0.2) is 5.11 Å². The van der Waals surface area contributed by atoms with Crippen LogP contribution in [0.5, 0.6) is 0 Å². The molecule has 3 N–H and O–H groups in total. The van der Waals surface area contributed by atoms with Gasteiger partial charge in [0.2, 0.25) is 0 Å². The molecule has 3 nitrogen and oxygen atoms in total. The Morgan fingerprint density at radius 2 is 2.08 bits per heavy atom. The molecule has 0 spiro atoms. The summed E-state index contributed by atoms with van der Waals surface area (Å²) in [6.45, 7) is 0.457. The molecule has 64 valence electrons. The summed E-state index contributed by atoms with van der Waals surface area (Å²) in [4.78, 5) is 4.96. The van der Waals surface area contributed by atoms with Gasteiger partial charge in [0.25, 0.3) is 0 Å². The van der Waals surface area contributed by atoms with Crippen LogP contribution >= 0.6 is 12.2 Å². The van der Waals surface area contributed by atoms with E-state index in [1.807, 2.05) is 30.3 Å². The molecule has 1 aromatic rings. The Morgan fingerprint density at radius 3 is 2.67 bits per heavy atom. The van der Waals surface area contributed by atoms with Gasteiger partial charge >= 0.3 is 0 Å². The zero-order chi connectivity index (χ0) is 8.81. The molecule has 1 aromatic carbocycles. The molecule has 0 aromatic heterocycles. The lowest BCUT2D eigenvalue weighted by molar-refractivity contribution is 0.0721. The minimum atomic E-state index is 0.144. The van der Waals surface area contributed by atoms with Crippen molar-refractivity contribution < 1.29 is 4.84 Å². The molecular weight excluding hydrogens is 172 g/mol. The van der Waals surface area contributed by atoms with E-state index in [1.54, 1.807) is 0 Å². The van der Waals surface area contributed by atoms with E-state index in [9.17, 15) is 0 Å². The number of rotatable bonds is 3. The van der Waals surface area contributed by atoms with Crippen molar-refractivity contribution in [3.8, 4) is 0 Å². The topological polar surface area (TPSA) is 47.3 Å². The zero-order valence-corrected chi connectivity index (χ0v) is 7.30. The summed E-state index contributed by atoms with van der Waals surface area (Å²) in [5.41, 5.74) is 8.63.